The molecular weight excluding hydrogens is 340 g/mol. The molecule has 3 aromatic carbocycles. The summed E-state index contributed by atoms with van der Waals surface area (Å²) in [6.45, 7) is 7.24. The molecular formula is C26H30N2. The zero-order valence-corrected chi connectivity index (χ0v) is 16.7. The van der Waals surface area contributed by atoms with Gasteiger partial charge in [0.1, 0.15) is 0 Å². The minimum atomic E-state index is 0.730. The first kappa shape index (κ1) is 17.9. The summed E-state index contributed by atoms with van der Waals surface area (Å²) in [5.41, 5.74) is 4.59. The van der Waals surface area contributed by atoms with Crippen molar-refractivity contribution in [3.63, 3.8) is 0 Å². The van der Waals surface area contributed by atoms with Gasteiger partial charge in [-0.3, -0.25) is 4.90 Å². The number of nitrogens with zero attached hydrogens (tertiary/aromatic N) is 2. The van der Waals surface area contributed by atoms with Crippen molar-refractivity contribution >= 4 is 10.8 Å². The van der Waals surface area contributed by atoms with Crippen LogP contribution in [0.15, 0.2) is 66.7 Å². The van der Waals surface area contributed by atoms with Crippen LogP contribution in [0, 0.1) is 0 Å². The molecule has 0 aromatic heterocycles. The molecule has 0 unspecified atom stereocenters. The van der Waals surface area contributed by atoms with E-state index in [-0.39, 0.29) is 0 Å². The van der Waals surface area contributed by atoms with Crippen LogP contribution in [0.2, 0.25) is 0 Å². The minimum absolute atomic E-state index is 0.730. The summed E-state index contributed by atoms with van der Waals surface area (Å²) in [5, 5.41) is 2.74. The number of rotatable bonds is 5. The van der Waals surface area contributed by atoms with Crippen LogP contribution in [-0.4, -0.2) is 36.0 Å². The topological polar surface area (TPSA) is 6.48 Å². The van der Waals surface area contributed by atoms with Crippen LogP contribution >= 0.6 is 0 Å². The van der Waals surface area contributed by atoms with E-state index in [1.165, 1.54) is 72.9 Å². The molecule has 0 atom stereocenters. The van der Waals surface area contributed by atoms with Gasteiger partial charge in [0.25, 0.3) is 0 Å². The van der Waals surface area contributed by atoms with Crippen LogP contribution in [0.1, 0.15) is 41.9 Å². The second-order valence-electron chi connectivity index (χ2n) is 8.56. The molecule has 2 aliphatic heterocycles. The average Bonchev–Trinajstić information content (AvgIpc) is 3.17. The van der Waals surface area contributed by atoms with E-state index in [1.54, 1.807) is 0 Å². The van der Waals surface area contributed by atoms with E-state index in [0.29, 0.717) is 0 Å². The predicted octanol–water partition coefficient (Wildman–Crippen LogP) is 5.43. The molecule has 2 nitrogen and oxygen atoms in total. The summed E-state index contributed by atoms with van der Waals surface area (Å²) in [6.07, 6.45) is 3.88. The summed E-state index contributed by atoms with van der Waals surface area (Å²) >= 11 is 0. The Labute approximate surface area is 168 Å². The normalized spacial score (nSPS) is 18.6. The Kier molecular flexibility index (Phi) is 5.16. The smallest absolute Gasteiger partial charge is 0.0240 e. The van der Waals surface area contributed by atoms with E-state index in [9.17, 15) is 0 Å². The maximum Gasteiger partial charge on any atom is 0.0240 e. The molecule has 2 heteroatoms. The fourth-order valence-corrected chi connectivity index (χ4v) is 5.03. The minimum Gasteiger partial charge on any atom is -0.303 e. The van der Waals surface area contributed by atoms with Gasteiger partial charge >= 0.3 is 0 Å². The van der Waals surface area contributed by atoms with Crippen molar-refractivity contribution < 1.29 is 0 Å². The molecule has 0 bridgehead atoms. The van der Waals surface area contributed by atoms with Gasteiger partial charge in [0, 0.05) is 19.6 Å². The van der Waals surface area contributed by atoms with E-state index < -0.39 is 0 Å². The number of benzene rings is 3. The Balaban J connectivity index is 1.09. The van der Waals surface area contributed by atoms with Gasteiger partial charge in [-0.2, -0.15) is 0 Å². The lowest BCUT2D eigenvalue weighted by molar-refractivity contribution is 0.192. The third-order valence-electron chi connectivity index (χ3n) is 6.69. The molecule has 5 rings (SSSR count). The number of likely N-dealkylation sites (tertiary alicyclic amines) is 1. The van der Waals surface area contributed by atoms with Crippen LogP contribution in [0.25, 0.3) is 10.8 Å². The van der Waals surface area contributed by atoms with Crippen LogP contribution in [0.4, 0.5) is 0 Å². The predicted molar refractivity (Wildman–Crippen MR) is 118 cm³/mol. The van der Waals surface area contributed by atoms with Crippen LogP contribution in [-0.2, 0) is 13.1 Å². The maximum absolute atomic E-state index is 2.68. The Morgan fingerprint density at radius 2 is 1.32 bits per heavy atom. The van der Waals surface area contributed by atoms with Crippen molar-refractivity contribution in [2.75, 3.05) is 26.2 Å². The number of hydrogen-bond acceptors (Lipinski definition) is 2. The highest BCUT2D eigenvalue weighted by molar-refractivity contribution is 5.83. The molecule has 1 saturated heterocycles. The third-order valence-corrected chi connectivity index (χ3v) is 6.69. The second-order valence-corrected chi connectivity index (χ2v) is 8.56. The van der Waals surface area contributed by atoms with Crippen LogP contribution in [0.5, 0.6) is 0 Å². The lowest BCUT2D eigenvalue weighted by Gasteiger charge is -2.32. The summed E-state index contributed by atoms with van der Waals surface area (Å²) in [4.78, 5) is 5.28. The molecule has 0 N–H and O–H groups in total. The van der Waals surface area contributed by atoms with Gasteiger partial charge in [0.05, 0.1) is 0 Å². The fraction of sp³-hybridized carbons (Fsp3) is 0.385. The van der Waals surface area contributed by atoms with Crippen molar-refractivity contribution in [3.05, 3.63) is 83.4 Å². The van der Waals surface area contributed by atoms with Crippen molar-refractivity contribution in [2.45, 2.75) is 38.3 Å². The van der Waals surface area contributed by atoms with Gasteiger partial charge in [-0.25, -0.2) is 0 Å². The van der Waals surface area contributed by atoms with Gasteiger partial charge < -0.3 is 4.90 Å². The zero-order valence-electron chi connectivity index (χ0n) is 16.7. The Hall–Kier alpha value is -2.16. The zero-order chi connectivity index (χ0) is 18.8. The SMILES string of the molecule is c1ccc2c(c1)CN(CCCN1CCC(c3ccc4ccccc4c3)CC1)C2. The lowest BCUT2D eigenvalue weighted by Crippen LogP contribution is -2.35. The largest absolute Gasteiger partial charge is 0.303 e. The van der Waals surface area contributed by atoms with Gasteiger partial charge in [0.2, 0.25) is 0 Å². The highest BCUT2D eigenvalue weighted by Crippen LogP contribution is 2.30. The lowest BCUT2D eigenvalue weighted by atomic mass is 9.88. The Morgan fingerprint density at radius 1 is 0.679 bits per heavy atom. The molecule has 2 heterocycles. The summed E-state index contributed by atoms with van der Waals surface area (Å²) in [7, 11) is 0. The van der Waals surface area contributed by atoms with E-state index in [2.05, 4.69) is 76.5 Å². The van der Waals surface area contributed by atoms with E-state index in [0.717, 1.165) is 19.0 Å². The van der Waals surface area contributed by atoms with Gasteiger partial charge in [0.15, 0.2) is 0 Å². The molecule has 28 heavy (non-hydrogen) atoms. The summed E-state index contributed by atoms with van der Waals surface area (Å²) < 4.78 is 0. The molecule has 2 aliphatic rings. The molecule has 0 aliphatic carbocycles. The summed E-state index contributed by atoms with van der Waals surface area (Å²) in [5.74, 6) is 0.730. The fourth-order valence-electron chi connectivity index (χ4n) is 5.03. The van der Waals surface area contributed by atoms with Crippen molar-refractivity contribution in [2.24, 2.45) is 0 Å². The monoisotopic (exact) mass is 370 g/mol. The number of piperidine rings is 1. The Bertz CT molecular complexity index is 915. The molecule has 0 radical (unpaired) electrons. The quantitative estimate of drug-likeness (QED) is 0.591. The van der Waals surface area contributed by atoms with Crippen molar-refractivity contribution in [1.29, 1.82) is 0 Å². The van der Waals surface area contributed by atoms with Crippen molar-refractivity contribution in [1.82, 2.24) is 9.80 Å². The molecule has 3 aromatic rings. The van der Waals surface area contributed by atoms with E-state index in [4.69, 9.17) is 0 Å². The van der Waals surface area contributed by atoms with Gasteiger partial charge in [-0.15, -0.1) is 0 Å². The highest BCUT2D eigenvalue weighted by atomic mass is 15.2. The number of fused-ring (bicyclic) bond motifs is 2. The van der Waals surface area contributed by atoms with Gasteiger partial charge in [-0.05, 0) is 72.3 Å². The maximum atomic E-state index is 2.68. The first-order valence-corrected chi connectivity index (χ1v) is 10.9. The summed E-state index contributed by atoms with van der Waals surface area (Å²) in [6, 6.07) is 24.7. The average molecular weight is 371 g/mol. The molecule has 0 amide bonds. The highest BCUT2D eigenvalue weighted by Gasteiger charge is 2.22. The molecule has 0 spiro atoms. The Morgan fingerprint density at radius 3 is 2.07 bits per heavy atom. The van der Waals surface area contributed by atoms with Crippen molar-refractivity contribution in [3.8, 4) is 0 Å². The van der Waals surface area contributed by atoms with E-state index in [1.807, 2.05) is 0 Å². The van der Waals surface area contributed by atoms with Crippen LogP contribution < -0.4 is 0 Å². The second kappa shape index (κ2) is 8.06. The molecule has 0 saturated carbocycles. The first-order chi connectivity index (χ1) is 13.8. The molecule has 144 valence electrons. The number of hydrogen-bond donors (Lipinski definition) is 0. The molecule has 1 fully saturated rings. The standard InChI is InChI=1S/C26H30N2/c1-2-7-23-18-24(11-10-21(23)6-1)22-12-16-27(17-13-22)14-5-15-28-19-25-8-3-4-9-26(25)20-28/h1-4,6-11,18,22H,5,12-17,19-20H2. The van der Waals surface area contributed by atoms with E-state index >= 15 is 0 Å². The van der Waals surface area contributed by atoms with Crippen LogP contribution in [0.3, 0.4) is 0 Å². The van der Waals surface area contributed by atoms with Gasteiger partial charge in [-0.1, -0.05) is 66.7 Å². The first-order valence-electron chi connectivity index (χ1n) is 10.9. The third kappa shape index (κ3) is 3.85.